The molecule has 0 saturated carbocycles. The molecule has 3 rings (SSSR count). The average molecular weight is 281 g/mol. The second-order valence-electron chi connectivity index (χ2n) is 3.58. The Kier molecular flexibility index (Phi) is 1.81. The third-order valence-corrected chi connectivity index (χ3v) is 3.74. The van der Waals surface area contributed by atoms with Crippen LogP contribution in [-0.2, 0) is 0 Å². The van der Waals surface area contributed by atoms with Gasteiger partial charge in [0.1, 0.15) is 0 Å². The Morgan fingerprint density at radius 1 is 0.938 bits per heavy atom. The molecular weight excluding hydrogens is 275 g/mol. The molecule has 0 aliphatic heterocycles. The fourth-order valence-electron chi connectivity index (χ4n) is 1.95. The quantitative estimate of drug-likeness (QED) is 0.562. The number of aromatic nitrogens is 2. The minimum absolute atomic E-state index is 0.210. The zero-order valence-electron chi connectivity index (χ0n) is 8.53. The van der Waals surface area contributed by atoms with Gasteiger partial charge in [-0.15, -0.1) is 0 Å². The van der Waals surface area contributed by atoms with Gasteiger partial charge in [-0.1, -0.05) is 0 Å². The van der Waals surface area contributed by atoms with Gasteiger partial charge in [-0.05, 0) is 0 Å². The van der Waals surface area contributed by atoms with Gasteiger partial charge in [-0.25, -0.2) is 0 Å². The van der Waals surface area contributed by atoms with Crippen LogP contribution < -0.4 is 0 Å². The second-order valence-corrected chi connectivity index (χ2v) is 4.69. The molecule has 2 aromatic rings. The average Bonchev–Trinajstić information content (AvgIpc) is 2.80. The van der Waals surface area contributed by atoms with Crippen molar-refractivity contribution < 1.29 is 14.0 Å². The van der Waals surface area contributed by atoms with Crippen LogP contribution in [0.2, 0.25) is 0 Å². The number of fused-ring (bicyclic) bond motifs is 2. The predicted molar refractivity (Wildman–Crippen MR) is 54.0 cm³/mol. The van der Waals surface area contributed by atoms with Crippen LogP contribution in [0.4, 0.5) is 0 Å². The summed E-state index contributed by atoms with van der Waals surface area (Å²) in [6.07, 6.45) is 0. The summed E-state index contributed by atoms with van der Waals surface area (Å²) in [4.78, 5) is 24.1. The summed E-state index contributed by atoms with van der Waals surface area (Å²) in [6.45, 7) is 3.36. The van der Waals surface area contributed by atoms with Crippen molar-refractivity contribution in [2.45, 2.75) is 13.8 Å². The summed E-state index contributed by atoms with van der Waals surface area (Å²) < 4.78 is 13.3. The third-order valence-electron chi connectivity index (χ3n) is 2.63. The van der Waals surface area contributed by atoms with Gasteiger partial charge in [0.15, 0.2) is 0 Å². The Labute approximate surface area is 96.7 Å². The molecule has 0 N–H and O–H groups in total. The van der Waals surface area contributed by atoms with Crippen LogP contribution >= 0.6 is 0 Å². The van der Waals surface area contributed by atoms with Gasteiger partial charge >= 0.3 is 96.4 Å². The molecule has 0 bridgehead atoms. The van der Waals surface area contributed by atoms with Crippen molar-refractivity contribution in [2.24, 2.45) is 0 Å². The molecule has 80 valence electrons. The van der Waals surface area contributed by atoms with E-state index in [1.165, 1.54) is 0 Å². The number of hydrogen-bond acceptors (Lipinski definition) is 5. The molecule has 0 amide bonds. The molecule has 0 saturated heterocycles. The molecule has 1 aliphatic carbocycles. The van der Waals surface area contributed by atoms with Gasteiger partial charge in [0, 0.05) is 0 Å². The maximum absolute atomic E-state index is 12.1. The van der Waals surface area contributed by atoms with E-state index in [4.69, 9.17) is 4.42 Å². The fraction of sp³-hybridized carbons (Fsp3) is 0.200. The van der Waals surface area contributed by atoms with E-state index in [-0.39, 0.29) is 37.9 Å². The van der Waals surface area contributed by atoms with Crippen molar-refractivity contribution in [3.05, 3.63) is 34.0 Å². The van der Waals surface area contributed by atoms with Crippen molar-refractivity contribution >= 4 is 26.5 Å². The van der Waals surface area contributed by atoms with Crippen LogP contribution in [0.15, 0.2) is 4.42 Å². The first-order valence-corrected chi connectivity index (χ1v) is 6.16. The van der Waals surface area contributed by atoms with E-state index in [2.05, 4.69) is 7.96 Å². The van der Waals surface area contributed by atoms with Crippen molar-refractivity contribution in [1.29, 1.82) is 0 Å². The summed E-state index contributed by atoms with van der Waals surface area (Å²) >= 11 is -0.363. The zero-order valence-corrected chi connectivity index (χ0v) is 10.2. The van der Waals surface area contributed by atoms with Crippen molar-refractivity contribution in [2.75, 3.05) is 0 Å². The summed E-state index contributed by atoms with van der Waals surface area (Å²) in [5.74, 6) is 0.489. The first kappa shape index (κ1) is 9.69. The van der Waals surface area contributed by atoms with Gasteiger partial charge in [0.2, 0.25) is 0 Å². The predicted octanol–water partition coefficient (Wildman–Crippen LogP) is 0.519. The number of carbonyl (C=O) groups excluding carboxylic acids is 2. The molecule has 5 nitrogen and oxygen atoms in total. The number of nitrogens with zero attached hydrogens (tertiary/aromatic N) is 2. The number of rotatable bonds is 0. The first-order chi connectivity index (χ1) is 7.61. The third kappa shape index (κ3) is 1.00. The number of hydrogen-bond donors (Lipinski definition) is 0. The van der Waals surface area contributed by atoms with Crippen LogP contribution in [0.25, 0.3) is 0 Å². The normalized spacial score (nSPS) is 13.9. The van der Waals surface area contributed by atoms with Crippen molar-refractivity contribution in [3.8, 4) is 0 Å². The Balaban J connectivity index is 2.40. The Hall–Kier alpha value is -1.52. The van der Waals surface area contributed by atoms with Gasteiger partial charge < -0.3 is 0 Å². The monoisotopic (exact) mass is 282 g/mol. The number of aryl methyl sites for hydroxylation is 2. The van der Waals surface area contributed by atoms with Gasteiger partial charge in [0.05, 0.1) is 0 Å². The Morgan fingerprint density at radius 2 is 1.38 bits per heavy atom. The summed E-state index contributed by atoms with van der Waals surface area (Å²) in [5, 5.41) is 0. The Morgan fingerprint density at radius 3 is 1.81 bits per heavy atom. The van der Waals surface area contributed by atoms with Crippen molar-refractivity contribution in [1.82, 2.24) is 7.96 Å². The van der Waals surface area contributed by atoms with E-state index in [0.29, 0.717) is 22.6 Å². The van der Waals surface area contributed by atoms with E-state index in [9.17, 15) is 9.59 Å². The van der Waals surface area contributed by atoms with E-state index in [1.807, 2.05) is 0 Å². The van der Waals surface area contributed by atoms with Crippen LogP contribution in [0, 0.1) is 13.8 Å². The molecular formula is C10H6N2O3Se. The van der Waals surface area contributed by atoms with Crippen molar-refractivity contribution in [3.63, 3.8) is 0 Å². The van der Waals surface area contributed by atoms with Crippen LogP contribution in [-0.4, -0.2) is 34.5 Å². The van der Waals surface area contributed by atoms with Gasteiger partial charge in [-0.3, -0.25) is 0 Å². The SMILES string of the molecule is Cc1oc(C)c2c1C(=O)c1n[se]nc1C2=O. The van der Waals surface area contributed by atoms with E-state index >= 15 is 0 Å². The minimum atomic E-state index is -0.363. The van der Waals surface area contributed by atoms with Crippen LogP contribution in [0.1, 0.15) is 43.6 Å². The molecule has 2 aromatic heterocycles. The summed E-state index contributed by atoms with van der Waals surface area (Å²) in [7, 11) is 0. The fourth-order valence-corrected chi connectivity index (χ4v) is 3.09. The van der Waals surface area contributed by atoms with Gasteiger partial charge in [0.25, 0.3) is 0 Å². The van der Waals surface area contributed by atoms with E-state index in [0.717, 1.165) is 0 Å². The molecule has 2 heterocycles. The topological polar surface area (TPSA) is 73.1 Å². The van der Waals surface area contributed by atoms with Gasteiger partial charge in [-0.2, -0.15) is 0 Å². The zero-order chi connectivity index (χ0) is 11.4. The molecule has 0 fully saturated rings. The molecule has 0 radical (unpaired) electrons. The summed E-state index contributed by atoms with van der Waals surface area (Å²) in [6, 6.07) is 0. The van der Waals surface area contributed by atoms with Crippen LogP contribution in [0.5, 0.6) is 0 Å². The summed E-state index contributed by atoms with van der Waals surface area (Å²) in [5.41, 5.74) is 1.14. The molecule has 6 heteroatoms. The number of carbonyl (C=O) groups is 2. The van der Waals surface area contributed by atoms with E-state index < -0.39 is 0 Å². The number of furan rings is 1. The molecule has 0 aromatic carbocycles. The molecule has 0 unspecified atom stereocenters. The number of ketones is 2. The maximum atomic E-state index is 12.1. The molecule has 1 aliphatic rings. The van der Waals surface area contributed by atoms with Crippen LogP contribution in [0.3, 0.4) is 0 Å². The second kappa shape index (κ2) is 2.99. The standard InChI is InChI=1S/C10H6N2O3Se/c1-3-5-6(4(2)15-3)10(14)8-7(9(5)13)11-16-12-8/h1-2H3. The van der Waals surface area contributed by atoms with E-state index in [1.54, 1.807) is 13.8 Å². The first-order valence-electron chi connectivity index (χ1n) is 4.63. The molecule has 0 spiro atoms. The Bertz CT molecular complexity index is 588. The molecule has 0 atom stereocenters. The molecule has 16 heavy (non-hydrogen) atoms.